The minimum Gasteiger partial charge on any atom is -0.497 e. The summed E-state index contributed by atoms with van der Waals surface area (Å²) in [5, 5.41) is 0. The van der Waals surface area contributed by atoms with E-state index in [1.165, 1.54) is 16.0 Å². The number of ether oxygens (including phenoxy) is 4. The standard InChI is InChI=1S/C30H30N2O7/c1-3-37-28(33)21-38-26-15-11-24(12-16-26)31-17-18-32(30(35)39-20-23-7-5-4-6-8-23)27(29(31)34)19-22-9-13-25(36-2)14-10-22/h4-18,27H,3,19-21H2,1-2H3. The summed E-state index contributed by atoms with van der Waals surface area (Å²) < 4.78 is 21.1. The van der Waals surface area contributed by atoms with E-state index in [4.69, 9.17) is 18.9 Å². The average Bonchev–Trinajstić information content (AvgIpc) is 2.97. The Morgan fingerprint density at radius 3 is 2.18 bits per heavy atom. The first-order chi connectivity index (χ1) is 19.0. The van der Waals surface area contributed by atoms with Crippen molar-refractivity contribution in [3.63, 3.8) is 0 Å². The van der Waals surface area contributed by atoms with Gasteiger partial charge in [0.1, 0.15) is 24.1 Å². The molecular formula is C30H30N2O7. The van der Waals surface area contributed by atoms with Crippen LogP contribution in [0.1, 0.15) is 18.1 Å². The number of nitrogens with zero attached hydrogens (tertiary/aromatic N) is 2. The molecule has 0 saturated carbocycles. The van der Waals surface area contributed by atoms with Crippen molar-refractivity contribution in [2.75, 3.05) is 25.2 Å². The molecule has 0 aromatic heterocycles. The number of methoxy groups -OCH3 is 1. The van der Waals surface area contributed by atoms with Crippen LogP contribution in [0.5, 0.6) is 11.5 Å². The Balaban J connectivity index is 1.52. The number of amides is 2. The molecule has 9 heteroatoms. The van der Waals surface area contributed by atoms with Crippen LogP contribution in [0.2, 0.25) is 0 Å². The first-order valence-electron chi connectivity index (χ1n) is 12.5. The maximum Gasteiger partial charge on any atom is 0.414 e. The number of carbonyl (C=O) groups is 3. The lowest BCUT2D eigenvalue weighted by molar-refractivity contribution is -0.145. The lowest BCUT2D eigenvalue weighted by Crippen LogP contribution is -2.52. The fraction of sp³-hybridized carbons (Fsp3) is 0.233. The second-order valence-corrected chi connectivity index (χ2v) is 8.61. The van der Waals surface area contributed by atoms with E-state index in [0.717, 1.165) is 11.1 Å². The Bertz CT molecular complexity index is 1290. The lowest BCUT2D eigenvalue weighted by atomic mass is 10.0. The zero-order valence-electron chi connectivity index (χ0n) is 21.8. The molecule has 3 aromatic carbocycles. The van der Waals surface area contributed by atoms with Crippen LogP contribution in [0.3, 0.4) is 0 Å². The molecule has 0 saturated heterocycles. The third kappa shape index (κ3) is 7.16. The predicted molar refractivity (Wildman–Crippen MR) is 144 cm³/mol. The molecule has 1 atom stereocenters. The van der Waals surface area contributed by atoms with Crippen LogP contribution in [0.15, 0.2) is 91.3 Å². The Morgan fingerprint density at radius 2 is 1.51 bits per heavy atom. The Labute approximate surface area is 227 Å². The topological polar surface area (TPSA) is 94.6 Å². The monoisotopic (exact) mass is 530 g/mol. The van der Waals surface area contributed by atoms with Crippen molar-refractivity contribution < 1.29 is 33.3 Å². The molecular weight excluding hydrogens is 500 g/mol. The number of hydrogen-bond acceptors (Lipinski definition) is 7. The van der Waals surface area contributed by atoms with Gasteiger partial charge in [-0.25, -0.2) is 9.59 Å². The summed E-state index contributed by atoms with van der Waals surface area (Å²) in [6.45, 7) is 1.88. The van der Waals surface area contributed by atoms with Gasteiger partial charge in [0.25, 0.3) is 5.91 Å². The highest BCUT2D eigenvalue weighted by atomic mass is 16.6. The second kappa shape index (κ2) is 13.1. The number of hydrogen-bond donors (Lipinski definition) is 0. The summed E-state index contributed by atoms with van der Waals surface area (Å²) in [5.41, 5.74) is 2.28. The molecule has 1 heterocycles. The molecule has 2 amide bonds. The van der Waals surface area contributed by atoms with Crippen molar-refractivity contribution in [1.29, 1.82) is 0 Å². The van der Waals surface area contributed by atoms with E-state index < -0.39 is 18.1 Å². The van der Waals surface area contributed by atoms with Gasteiger partial charge >= 0.3 is 12.1 Å². The van der Waals surface area contributed by atoms with E-state index in [0.29, 0.717) is 17.2 Å². The number of carbonyl (C=O) groups excluding carboxylic acids is 3. The summed E-state index contributed by atoms with van der Waals surface area (Å²) in [5.74, 6) is 0.391. The first-order valence-corrected chi connectivity index (χ1v) is 12.5. The number of esters is 1. The third-order valence-electron chi connectivity index (χ3n) is 6.02. The summed E-state index contributed by atoms with van der Waals surface area (Å²) >= 11 is 0. The molecule has 0 radical (unpaired) electrons. The maximum absolute atomic E-state index is 13.7. The average molecular weight is 531 g/mol. The van der Waals surface area contributed by atoms with E-state index in [9.17, 15) is 14.4 Å². The van der Waals surface area contributed by atoms with Crippen LogP contribution in [0.25, 0.3) is 0 Å². The molecule has 39 heavy (non-hydrogen) atoms. The maximum atomic E-state index is 13.7. The van der Waals surface area contributed by atoms with Gasteiger partial charge in [-0.1, -0.05) is 42.5 Å². The van der Waals surface area contributed by atoms with Crippen LogP contribution >= 0.6 is 0 Å². The molecule has 4 rings (SSSR count). The van der Waals surface area contributed by atoms with Crippen LogP contribution < -0.4 is 14.4 Å². The minimum absolute atomic E-state index is 0.0877. The van der Waals surface area contributed by atoms with Crippen molar-refractivity contribution in [2.45, 2.75) is 26.0 Å². The van der Waals surface area contributed by atoms with Gasteiger partial charge in [-0.15, -0.1) is 0 Å². The number of rotatable bonds is 10. The number of anilines is 1. The normalized spacial score (nSPS) is 14.6. The quantitative estimate of drug-likeness (QED) is 0.351. The molecule has 9 nitrogen and oxygen atoms in total. The molecule has 1 aliphatic heterocycles. The summed E-state index contributed by atoms with van der Waals surface area (Å²) in [6, 6.07) is 22.6. The van der Waals surface area contributed by atoms with E-state index in [1.54, 1.807) is 44.5 Å². The van der Waals surface area contributed by atoms with E-state index >= 15 is 0 Å². The van der Waals surface area contributed by atoms with Crippen molar-refractivity contribution >= 4 is 23.7 Å². The van der Waals surface area contributed by atoms with E-state index in [-0.39, 0.29) is 32.1 Å². The van der Waals surface area contributed by atoms with E-state index in [1.807, 2.05) is 54.6 Å². The van der Waals surface area contributed by atoms with E-state index in [2.05, 4.69) is 0 Å². The van der Waals surface area contributed by atoms with Gasteiger partial charge in [0.15, 0.2) is 6.61 Å². The van der Waals surface area contributed by atoms with Gasteiger partial charge in [-0.2, -0.15) is 0 Å². The molecule has 0 fully saturated rings. The smallest absolute Gasteiger partial charge is 0.414 e. The fourth-order valence-electron chi connectivity index (χ4n) is 4.01. The van der Waals surface area contributed by atoms with Gasteiger partial charge in [0, 0.05) is 24.5 Å². The van der Waals surface area contributed by atoms with Crippen LogP contribution in [-0.4, -0.2) is 49.2 Å². The van der Waals surface area contributed by atoms with Gasteiger partial charge in [-0.3, -0.25) is 14.6 Å². The van der Waals surface area contributed by atoms with Crippen LogP contribution in [0, 0.1) is 0 Å². The first kappa shape index (κ1) is 27.3. The minimum atomic E-state index is -0.841. The van der Waals surface area contributed by atoms with Crippen LogP contribution in [0.4, 0.5) is 10.5 Å². The molecule has 3 aromatic rings. The molecule has 0 bridgehead atoms. The molecule has 202 valence electrons. The van der Waals surface area contributed by atoms with Gasteiger partial charge in [0.05, 0.1) is 13.7 Å². The molecule has 1 aliphatic rings. The van der Waals surface area contributed by atoms with Crippen LogP contribution in [-0.2, 0) is 32.1 Å². The highest BCUT2D eigenvalue weighted by molar-refractivity contribution is 6.01. The predicted octanol–water partition coefficient (Wildman–Crippen LogP) is 4.71. The summed E-state index contributed by atoms with van der Waals surface area (Å²) in [6.07, 6.45) is 2.73. The van der Waals surface area contributed by atoms with Crippen molar-refractivity contribution in [2.24, 2.45) is 0 Å². The summed E-state index contributed by atoms with van der Waals surface area (Å²) in [7, 11) is 1.58. The highest BCUT2D eigenvalue weighted by Gasteiger charge is 2.36. The fourth-order valence-corrected chi connectivity index (χ4v) is 4.01. The Morgan fingerprint density at radius 1 is 0.821 bits per heavy atom. The molecule has 0 N–H and O–H groups in total. The highest BCUT2D eigenvalue weighted by Crippen LogP contribution is 2.26. The van der Waals surface area contributed by atoms with Gasteiger partial charge < -0.3 is 18.9 Å². The van der Waals surface area contributed by atoms with Crippen molar-refractivity contribution in [3.05, 3.63) is 102 Å². The molecule has 0 spiro atoms. The zero-order valence-corrected chi connectivity index (χ0v) is 21.8. The molecule has 1 unspecified atom stereocenters. The zero-order chi connectivity index (χ0) is 27.6. The second-order valence-electron chi connectivity index (χ2n) is 8.61. The number of benzene rings is 3. The SMILES string of the molecule is CCOC(=O)COc1ccc(N2C=CN(C(=O)OCc3ccccc3)C(Cc3ccc(OC)cc3)C2=O)cc1. The Kier molecular flexibility index (Phi) is 9.18. The van der Waals surface area contributed by atoms with Gasteiger partial charge in [-0.05, 0) is 54.4 Å². The summed E-state index contributed by atoms with van der Waals surface area (Å²) in [4.78, 5) is 41.2. The van der Waals surface area contributed by atoms with Crippen molar-refractivity contribution in [1.82, 2.24) is 4.90 Å². The largest absolute Gasteiger partial charge is 0.497 e. The van der Waals surface area contributed by atoms with Crippen molar-refractivity contribution in [3.8, 4) is 11.5 Å². The molecule has 0 aliphatic carbocycles. The third-order valence-corrected chi connectivity index (χ3v) is 6.02. The Hall–Kier alpha value is -4.79. The van der Waals surface area contributed by atoms with Gasteiger partial charge in [0.2, 0.25) is 0 Å². The lowest BCUT2D eigenvalue weighted by Gasteiger charge is -2.35.